The van der Waals surface area contributed by atoms with Crippen LogP contribution in [0.5, 0.6) is 0 Å². The lowest BCUT2D eigenvalue weighted by Crippen LogP contribution is -2.44. The van der Waals surface area contributed by atoms with Gasteiger partial charge in [0.2, 0.25) is 0 Å². The lowest BCUT2D eigenvalue weighted by Gasteiger charge is -2.34. The summed E-state index contributed by atoms with van der Waals surface area (Å²) in [4.78, 5) is 12.4. The molecule has 110 valence electrons. The minimum absolute atomic E-state index is 0.164. The standard InChI is InChI=1S/C15H14O5S/c16-10-7-15(20,14(18)19)9-6-11(21-13(9)12(10)17)8-4-2-1-3-5-8/h1-6,10,12,16-17,20H,7H2,(H,18,19)/t10?,12-,15+/m0/s1. The van der Waals surface area contributed by atoms with E-state index in [4.69, 9.17) is 0 Å². The number of carboxylic acids is 1. The Balaban J connectivity index is 2.17. The Kier molecular flexibility index (Phi) is 3.33. The van der Waals surface area contributed by atoms with E-state index >= 15 is 0 Å². The van der Waals surface area contributed by atoms with Crippen molar-refractivity contribution >= 4 is 17.3 Å². The molecule has 1 aliphatic carbocycles. The molecule has 0 aliphatic heterocycles. The van der Waals surface area contributed by atoms with E-state index in [1.807, 2.05) is 30.3 Å². The largest absolute Gasteiger partial charge is 0.479 e. The van der Waals surface area contributed by atoms with Crippen molar-refractivity contribution in [3.8, 4) is 10.4 Å². The summed E-state index contributed by atoms with van der Waals surface area (Å²) in [5, 5.41) is 39.6. The number of benzene rings is 1. The number of carbonyl (C=O) groups is 1. The van der Waals surface area contributed by atoms with Crippen LogP contribution >= 0.6 is 11.3 Å². The molecule has 6 heteroatoms. The van der Waals surface area contributed by atoms with Crippen molar-refractivity contribution in [1.82, 2.24) is 0 Å². The van der Waals surface area contributed by atoms with E-state index < -0.39 is 30.2 Å². The van der Waals surface area contributed by atoms with Gasteiger partial charge in [0.05, 0.1) is 6.10 Å². The van der Waals surface area contributed by atoms with Crippen LogP contribution in [0.2, 0.25) is 0 Å². The number of hydrogen-bond donors (Lipinski definition) is 4. The van der Waals surface area contributed by atoms with Crippen LogP contribution in [0.4, 0.5) is 0 Å². The summed E-state index contributed by atoms with van der Waals surface area (Å²) < 4.78 is 0. The minimum Gasteiger partial charge on any atom is -0.479 e. The average Bonchev–Trinajstić information content (AvgIpc) is 2.92. The molecule has 0 bridgehead atoms. The first-order valence-electron chi connectivity index (χ1n) is 6.45. The third-order valence-corrected chi connectivity index (χ3v) is 5.01. The second kappa shape index (κ2) is 4.92. The molecule has 1 heterocycles. The zero-order chi connectivity index (χ0) is 15.2. The molecular weight excluding hydrogens is 292 g/mol. The lowest BCUT2D eigenvalue weighted by molar-refractivity contribution is -0.168. The summed E-state index contributed by atoms with van der Waals surface area (Å²) in [6, 6.07) is 10.9. The summed E-state index contributed by atoms with van der Waals surface area (Å²) in [7, 11) is 0. The van der Waals surface area contributed by atoms with Gasteiger partial charge in [-0.3, -0.25) is 0 Å². The fraction of sp³-hybridized carbons (Fsp3) is 0.267. The Hall–Kier alpha value is -1.73. The molecule has 0 spiro atoms. The van der Waals surface area contributed by atoms with Gasteiger partial charge in [0.25, 0.3) is 0 Å². The van der Waals surface area contributed by atoms with Crippen molar-refractivity contribution in [2.45, 2.75) is 24.2 Å². The van der Waals surface area contributed by atoms with E-state index in [2.05, 4.69) is 0 Å². The number of aliphatic hydroxyl groups excluding tert-OH is 2. The molecule has 1 aromatic carbocycles. The van der Waals surface area contributed by atoms with Gasteiger partial charge in [0.1, 0.15) is 6.10 Å². The molecule has 0 fully saturated rings. The van der Waals surface area contributed by atoms with Gasteiger partial charge in [-0.2, -0.15) is 0 Å². The van der Waals surface area contributed by atoms with Gasteiger partial charge in [0, 0.05) is 21.7 Å². The van der Waals surface area contributed by atoms with Crippen molar-refractivity contribution in [2.75, 3.05) is 0 Å². The fourth-order valence-electron chi connectivity index (χ4n) is 2.59. The van der Waals surface area contributed by atoms with Gasteiger partial charge in [0.15, 0.2) is 5.60 Å². The zero-order valence-corrected chi connectivity index (χ0v) is 11.7. The Labute approximate surface area is 124 Å². The van der Waals surface area contributed by atoms with E-state index in [1.165, 1.54) is 11.3 Å². The molecule has 4 N–H and O–H groups in total. The van der Waals surface area contributed by atoms with Crippen LogP contribution in [0, 0.1) is 0 Å². The molecule has 0 saturated carbocycles. The Morgan fingerprint density at radius 3 is 2.52 bits per heavy atom. The number of hydrogen-bond acceptors (Lipinski definition) is 5. The maximum atomic E-state index is 11.4. The fourth-order valence-corrected chi connectivity index (χ4v) is 3.88. The molecule has 1 aliphatic rings. The van der Waals surface area contributed by atoms with Gasteiger partial charge in [-0.1, -0.05) is 30.3 Å². The normalized spacial score (nSPS) is 28.1. The average molecular weight is 306 g/mol. The van der Waals surface area contributed by atoms with Gasteiger partial charge in [-0.05, 0) is 11.6 Å². The zero-order valence-electron chi connectivity index (χ0n) is 10.9. The summed E-state index contributed by atoms with van der Waals surface area (Å²) in [5.74, 6) is -1.42. The smallest absolute Gasteiger partial charge is 0.340 e. The van der Waals surface area contributed by atoms with Gasteiger partial charge in [-0.15, -0.1) is 11.3 Å². The minimum atomic E-state index is -2.17. The summed E-state index contributed by atoms with van der Waals surface area (Å²) in [5.41, 5.74) is -1.14. The van der Waals surface area contributed by atoms with Gasteiger partial charge < -0.3 is 20.4 Å². The third-order valence-electron chi connectivity index (χ3n) is 3.76. The number of rotatable bonds is 2. The van der Waals surface area contributed by atoms with E-state index in [1.54, 1.807) is 6.07 Å². The van der Waals surface area contributed by atoms with Crippen LogP contribution in [0.1, 0.15) is 23.0 Å². The summed E-state index contributed by atoms with van der Waals surface area (Å²) in [6.07, 6.45) is -2.91. The van der Waals surface area contributed by atoms with E-state index in [9.17, 15) is 25.2 Å². The van der Waals surface area contributed by atoms with E-state index in [0.717, 1.165) is 10.4 Å². The van der Waals surface area contributed by atoms with Crippen LogP contribution in [-0.2, 0) is 10.4 Å². The van der Waals surface area contributed by atoms with Crippen LogP contribution in [0.3, 0.4) is 0 Å². The van der Waals surface area contributed by atoms with Crippen LogP contribution in [-0.4, -0.2) is 32.5 Å². The Morgan fingerprint density at radius 1 is 1.24 bits per heavy atom. The Morgan fingerprint density at radius 2 is 1.90 bits per heavy atom. The SMILES string of the molecule is O=C(O)[C@@]1(O)CC(O)[C@H](O)c2sc(-c3ccccc3)cc21. The highest BCUT2D eigenvalue weighted by molar-refractivity contribution is 7.15. The highest BCUT2D eigenvalue weighted by Gasteiger charge is 2.49. The summed E-state index contributed by atoms with van der Waals surface area (Å²) in [6.45, 7) is 0. The number of thiophene rings is 1. The maximum absolute atomic E-state index is 11.4. The van der Waals surface area contributed by atoms with E-state index in [0.29, 0.717) is 4.88 Å². The van der Waals surface area contributed by atoms with Crippen molar-refractivity contribution in [1.29, 1.82) is 0 Å². The van der Waals surface area contributed by atoms with Crippen LogP contribution < -0.4 is 0 Å². The molecule has 2 aromatic rings. The number of fused-ring (bicyclic) bond motifs is 1. The first kappa shape index (κ1) is 14.2. The van der Waals surface area contributed by atoms with Crippen LogP contribution in [0.25, 0.3) is 10.4 Å². The van der Waals surface area contributed by atoms with Crippen molar-refractivity contribution in [3.63, 3.8) is 0 Å². The monoisotopic (exact) mass is 306 g/mol. The highest BCUT2D eigenvalue weighted by Crippen LogP contribution is 2.47. The molecule has 21 heavy (non-hydrogen) atoms. The molecule has 0 amide bonds. The molecule has 0 saturated heterocycles. The van der Waals surface area contributed by atoms with Crippen LogP contribution in [0.15, 0.2) is 36.4 Å². The topological polar surface area (TPSA) is 98.0 Å². The highest BCUT2D eigenvalue weighted by atomic mass is 32.1. The molecule has 5 nitrogen and oxygen atoms in total. The molecule has 1 unspecified atom stereocenters. The van der Waals surface area contributed by atoms with Gasteiger partial charge >= 0.3 is 5.97 Å². The Bertz CT molecular complexity index is 681. The first-order valence-corrected chi connectivity index (χ1v) is 7.26. The molecular formula is C15H14O5S. The quantitative estimate of drug-likeness (QED) is 0.674. The predicted octanol–water partition coefficient (Wildman–Crippen LogP) is 1.49. The first-order chi connectivity index (χ1) is 9.93. The second-order valence-electron chi connectivity index (χ2n) is 5.14. The van der Waals surface area contributed by atoms with Crippen molar-refractivity contribution in [2.24, 2.45) is 0 Å². The lowest BCUT2D eigenvalue weighted by atomic mass is 9.80. The van der Waals surface area contributed by atoms with Gasteiger partial charge in [-0.25, -0.2) is 4.79 Å². The maximum Gasteiger partial charge on any atom is 0.340 e. The molecule has 1 aromatic heterocycles. The second-order valence-corrected chi connectivity index (χ2v) is 6.22. The molecule has 3 atom stereocenters. The molecule has 0 radical (unpaired) electrons. The summed E-state index contributed by atoms with van der Waals surface area (Å²) >= 11 is 1.19. The predicted molar refractivity (Wildman–Crippen MR) is 76.9 cm³/mol. The molecule has 3 rings (SSSR count). The van der Waals surface area contributed by atoms with Crippen molar-refractivity contribution < 1.29 is 25.2 Å². The number of carboxylic acid groups (broad SMARTS) is 1. The third kappa shape index (κ3) is 2.16. The van der Waals surface area contributed by atoms with Crippen molar-refractivity contribution in [3.05, 3.63) is 46.8 Å². The number of aliphatic hydroxyl groups is 3. The van der Waals surface area contributed by atoms with E-state index in [-0.39, 0.29) is 5.56 Å². The number of aliphatic carboxylic acids is 1.